The Balaban J connectivity index is 1.50. The lowest BCUT2D eigenvalue weighted by molar-refractivity contribution is -0.124. The molecule has 8 nitrogen and oxygen atoms in total. The van der Waals surface area contributed by atoms with Gasteiger partial charge in [0.25, 0.3) is 0 Å². The van der Waals surface area contributed by atoms with Crippen molar-refractivity contribution in [2.75, 3.05) is 25.1 Å². The maximum atomic E-state index is 13.2. The monoisotopic (exact) mass is 370 g/mol. The Morgan fingerprint density at radius 2 is 2.19 bits per heavy atom. The zero-order chi connectivity index (χ0) is 19.0. The largest absolute Gasteiger partial charge is 0.496 e. The number of aromatic nitrogens is 4. The summed E-state index contributed by atoms with van der Waals surface area (Å²) >= 11 is 0. The molecule has 0 unspecified atom stereocenters. The minimum absolute atomic E-state index is 0.0697. The van der Waals surface area contributed by atoms with Crippen LogP contribution in [0.25, 0.3) is 0 Å². The number of nitrogens with zero attached hydrogens (tertiary/aromatic N) is 4. The number of hydrogen-bond donors (Lipinski definition) is 2. The number of piperidine rings is 1. The molecule has 2 aromatic rings. The molecular weight excluding hydrogens is 344 g/mol. The maximum Gasteiger partial charge on any atom is 0.242 e. The number of aromatic amines is 1. The molecule has 0 bridgehead atoms. The van der Waals surface area contributed by atoms with Crippen LogP contribution in [0.3, 0.4) is 0 Å². The first-order chi connectivity index (χ1) is 13.0. The number of carbonyl (C=O) groups is 1. The van der Waals surface area contributed by atoms with Gasteiger partial charge in [0.05, 0.1) is 12.5 Å². The van der Waals surface area contributed by atoms with E-state index in [4.69, 9.17) is 4.74 Å². The van der Waals surface area contributed by atoms with Gasteiger partial charge in [0.1, 0.15) is 5.75 Å². The van der Waals surface area contributed by atoms with E-state index in [0.29, 0.717) is 18.4 Å². The predicted octanol–water partition coefficient (Wildman–Crippen LogP) is 1.58. The summed E-state index contributed by atoms with van der Waals surface area (Å²) in [5, 5.41) is 17.4. The zero-order valence-electron chi connectivity index (χ0n) is 16.0. The topological polar surface area (TPSA) is 96.0 Å². The smallest absolute Gasteiger partial charge is 0.242 e. The highest BCUT2D eigenvalue weighted by Gasteiger charge is 2.53. The van der Waals surface area contributed by atoms with E-state index in [1.165, 1.54) is 0 Å². The van der Waals surface area contributed by atoms with Gasteiger partial charge in [0.15, 0.2) is 0 Å². The van der Waals surface area contributed by atoms with Crippen LogP contribution in [-0.2, 0) is 10.2 Å². The molecule has 2 N–H and O–H groups in total. The first-order valence-corrected chi connectivity index (χ1v) is 9.46. The number of ether oxygens (including phenoxy) is 1. The normalized spacial score (nSPS) is 23.7. The number of tetrazole rings is 1. The fourth-order valence-corrected chi connectivity index (χ4v) is 4.18. The van der Waals surface area contributed by atoms with E-state index in [2.05, 4.69) is 37.8 Å². The molecule has 1 aliphatic carbocycles. The van der Waals surface area contributed by atoms with Gasteiger partial charge in [-0.05, 0) is 54.2 Å². The van der Waals surface area contributed by atoms with Gasteiger partial charge in [0, 0.05) is 24.7 Å². The van der Waals surface area contributed by atoms with E-state index in [1.807, 2.05) is 25.1 Å². The first kappa shape index (κ1) is 17.8. The highest BCUT2D eigenvalue weighted by Crippen LogP contribution is 2.51. The number of H-pyrrole nitrogens is 1. The fraction of sp³-hybridized carbons (Fsp3) is 0.579. The van der Waals surface area contributed by atoms with E-state index in [-0.39, 0.29) is 11.9 Å². The van der Waals surface area contributed by atoms with Crippen molar-refractivity contribution in [2.45, 2.75) is 44.6 Å². The number of benzene rings is 1. The minimum Gasteiger partial charge on any atom is -0.496 e. The summed E-state index contributed by atoms with van der Waals surface area (Å²) < 4.78 is 5.56. The van der Waals surface area contributed by atoms with Crippen LogP contribution in [0.4, 0.5) is 5.95 Å². The van der Waals surface area contributed by atoms with E-state index < -0.39 is 5.41 Å². The summed E-state index contributed by atoms with van der Waals surface area (Å²) in [5.74, 6) is 1.99. The van der Waals surface area contributed by atoms with Crippen LogP contribution in [0.15, 0.2) is 18.2 Å². The number of nitrogens with one attached hydrogen (secondary N) is 2. The molecule has 8 heteroatoms. The summed E-state index contributed by atoms with van der Waals surface area (Å²) in [6, 6.07) is 6.16. The van der Waals surface area contributed by atoms with Gasteiger partial charge >= 0.3 is 0 Å². The number of aryl methyl sites for hydroxylation is 1. The number of methoxy groups -OCH3 is 1. The Morgan fingerprint density at radius 1 is 1.37 bits per heavy atom. The Labute approximate surface area is 158 Å². The molecule has 4 rings (SSSR count). The van der Waals surface area contributed by atoms with Crippen LogP contribution in [0.1, 0.15) is 37.3 Å². The third-order valence-corrected chi connectivity index (χ3v) is 5.69. The second-order valence-electron chi connectivity index (χ2n) is 7.93. The summed E-state index contributed by atoms with van der Waals surface area (Å²) in [6.07, 6.45) is 2.66. The van der Waals surface area contributed by atoms with E-state index >= 15 is 0 Å². The average molecular weight is 370 g/mol. The zero-order valence-corrected chi connectivity index (χ0v) is 16.0. The van der Waals surface area contributed by atoms with Crippen LogP contribution < -0.4 is 15.0 Å². The Morgan fingerprint density at radius 3 is 2.85 bits per heavy atom. The van der Waals surface area contributed by atoms with Gasteiger partial charge in [-0.25, -0.2) is 5.10 Å². The lowest BCUT2D eigenvalue weighted by atomic mass is 9.91. The number of rotatable bonds is 5. The number of amides is 1. The lowest BCUT2D eigenvalue weighted by Gasteiger charge is -2.36. The van der Waals surface area contributed by atoms with Crippen molar-refractivity contribution in [3.63, 3.8) is 0 Å². The molecule has 2 atom stereocenters. The highest BCUT2D eigenvalue weighted by molar-refractivity contribution is 5.92. The van der Waals surface area contributed by atoms with Crippen LogP contribution in [0, 0.1) is 12.8 Å². The SMILES string of the molecule is COc1cc(C)ccc1C1(C(=O)N[C@@H]2C[C@H](C)CN(c3nnn[nH]3)C2)CC1. The molecule has 2 fully saturated rings. The quantitative estimate of drug-likeness (QED) is 0.830. The van der Waals surface area contributed by atoms with Crippen molar-refractivity contribution in [3.05, 3.63) is 29.3 Å². The second kappa shape index (κ2) is 6.83. The van der Waals surface area contributed by atoms with E-state index in [1.54, 1.807) is 7.11 Å². The summed E-state index contributed by atoms with van der Waals surface area (Å²) in [4.78, 5) is 15.3. The highest BCUT2D eigenvalue weighted by atomic mass is 16.5. The van der Waals surface area contributed by atoms with Crippen molar-refractivity contribution in [3.8, 4) is 5.75 Å². The van der Waals surface area contributed by atoms with E-state index in [9.17, 15) is 4.79 Å². The van der Waals surface area contributed by atoms with Gasteiger partial charge in [-0.2, -0.15) is 0 Å². The Bertz CT molecular complexity index is 818. The molecule has 0 spiro atoms. The van der Waals surface area contributed by atoms with Crippen molar-refractivity contribution < 1.29 is 9.53 Å². The second-order valence-corrected chi connectivity index (χ2v) is 7.93. The fourth-order valence-electron chi connectivity index (χ4n) is 4.18. The molecule has 0 radical (unpaired) electrons. The predicted molar refractivity (Wildman–Crippen MR) is 101 cm³/mol. The van der Waals surface area contributed by atoms with Crippen molar-refractivity contribution in [1.29, 1.82) is 0 Å². The maximum absolute atomic E-state index is 13.2. The van der Waals surface area contributed by atoms with Crippen molar-refractivity contribution in [2.24, 2.45) is 5.92 Å². The molecule has 1 aromatic carbocycles. The Kier molecular flexibility index (Phi) is 4.49. The van der Waals surface area contributed by atoms with Gasteiger partial charge in [0.2, 0.25) is 11.9 Å². The van der Waals surface area contributed by atoms with Gasteiger partial charge < -0.3 is 15.0 Å². The molecule has 2 aliphatic rings. The first-order valence-electron chi connectivity index (χ1n) is 9.46. The molecule has 1 aliphatic heterocycles. The third kappa shape index (κ3) is 3.36. The molecule has 1 saturated carbocycles. The summed E-state index contributed by atoms with van der Waals surface area (Å²) in [5.41, 5.74) is 1.66. The average Bonchev–Trinajstić information content (AvgIpc) is 3.26. The van der Waals surface area contributed by atoms with Crippen LogP contribution in [0.2, 0.25) is 0 Å². The summed E-state index contributed by atoms with van der Waals surface area (Å²) in [6.45, 7) is 5.79. The van der Waals surface area contributed by atoms with Gasteiger partial charge in [-0.1, -0.05) is 24.2 Å². The van der Waals surface area contributed by atoms with Crippen LogP contribution >= 0.6 is 0 Å². The van der Waals surface area contributed by atoms with Crippen LogP contribution in [-0.4, -0.2) is 52.8 Å². The molecular formula is C19H26N6O2. The minimum atomic E-state index is -0.460. The lowest BCUT2D eigenvalue weighted by Crippen LogP contribution is -2.52. The van der Waals surface area contributed by atoms with Crippen molar-refractivity contribution >= 4 is 11.9 Å². The summed E-state index contributed by atoms with van der Waals surface area (Å²) in [7, 11) is 1.67. The standard InChI is InChI=1S/C19H26N6O2/c1-12-4-5-15(16(9-12)27-3)19(6-7-19)17(26)20-14-8-13(2)10-25(11-14)18-21-23-24-22-18/h4-5,9,13-14H,6-8,10-11H2,1-3H3,(H,20,26)(H,21,22,23,24)/t13-,14+/m0/s1. The number of anilines is 1. The van der Waals surface area contributed by atoms with Crippen LogP contribution in [0.5, 0.6) is 5.75 Å². The van der Waals surface area contributed by atoms with Gasteiger partial charge in [-0.3, -0.25) is 4.79 Å². The van der Waals surface area contributed by atoms with Crippen molar-refractivity contribution in [1.82, 2.24) is 25.9 Å². The molecule has 27 heavy (non-hydrogen) atoms. The third-order valence-electron chi connectivity index (χ3n) is 5.69. The molecule has 1 aromatic heterocycles. The Hall–Kier alpha value is -2.64. The van der Waals surface area contributed by atoms with E-state index in [0.717, 1.165) is 42.7 Å². The number of carbonyl (C=O) groups excluding carboxylic acids is 1. The molecule has 1 amide bonds. The van der Waals surface area contributed by atoms with Gasteiger partial charge in [-0.15, -0.1) is 0 Å². The molecule has 1 saturated heterocycles. The molecule has 2 heterocycles. The molecule has 144 valence electrons. The number of hydrogen-bond acceptors (Lipinski definition) is 6.